The zero-order chi connectivity index (χ0) is 23.9. The lowest BCUT2D eigenvalue weighted by Gasteiger charge is -2.03. The Kier molecular flexibility index (Phi) is 20.4. The number of pyridine rings is 1. The summed E-state index contributed by atoms with van der Waals surface area (Å²) in [5, 5.41) is 0. The number of rotatable bonds is 20. The summed E-state index contributed by atoms with van der Waals surface area (Å²) in [5.74, 6) is 0. The maximum absolute atomic E-state index is 2.32. The summed E-state index contributed by atoms with van der Waals surface area (Å²) in [6.07, 6.45) is 35.8. The number of benzene rings is 1. The van der Waals surface area contributed by atoms with E-state index in [2.05, 4.69) is 84.6 Å². The van der Waals surface area contributed by atoms with E-state index in [4.69, 9.17) is 0 Å². The fourth-order valence-corrected chi connectivity index (χ4v) is 4.47. The lowest BCUT2D eigenvalue weighted by Crippen LogP contribution is -3.00. The van der Waals surface area contributed by atoms with Gasteiger partial charge < -0.3 is 17.0 Å². The van der Waals surface area contributed by atoms with Gasteiger partial charge in [0.25, 0.3) is 0 Å². The first kappa shape index (κ1) is 31.4. The minimum absolute atomic E-state index is 0. The number of halogens is 1. The summed E-state index contributed by atoms with van der Waals surface area (Å²) in [6.45, 7) is 3.43. The smallest absolute Gasteiger partial charge is 0.169 e. The maximum Gasteiger partial charge on any atom is 0.169 e. The standard InChI is InChI=1S/C33H50N.BrH/c1-2-3-4-5-6-7-8-9-10-11-12-13-14-15-16-22-29-34-30-27-33(28-31-34)26-21-20-25-32-23-18-17-19-24-32;/h17-21,23-28,30-31H,2-16,22,29H2,1H3;1H/q+1;/p-1. The average molecular weight is 541 g/mol. The largest absolute Gasteiger partial charge is 1.00 e. The summed E-state index contributed by atoms with van der Waals surface area (Å²) in [4.78, 5) is 0. The Labute approximate surface area is 227 Å². The SMILES string of the molecule is CCCCCCCCCCCCCCCCCC[n+]1ccc(C=CC=Cc2ccccc2)cc1.[Br-]. The summed E-state index contributed by atoms with van der Waals surface area (Å²) < 4.78 is 2.32. The molecule has 0 N–H and O–H groups in total. The molecule has 2 rings (SSSR count). The maximum atomic E-state index is 2.32. The highest BCUT2D eigenvalue weighted by Gasteiger charge is 2.00. The van der Waals surface area contributed by atoms with Crippen LogP contribution in [0.4, 0.5) is 0 Å². The molecule has 0 bridgehead atoms. The molecule has 1 nitrogen and oxygen atoms in total. The van der Waals surface area contributed by atoms with Gasteiger partial charge in [-0.25, -0.2) is 4.57 Å². The third kappa shape index (κ3) is 17.4. The minimum atomic E-state index is 0. The molecule has 0 saturated heterocycles. The van der Waals surface area contributed by atoms with Gasteiger partial charge in [0.15, 0.2) is 12.4 Å². The molecule has 0 unspecified atom stereocenters. The number of allylic oxidation sites excluding steroid dienone is 2. The Morgan fingerprint density at radius 2 is 0.914 bits per heavy atom. The Hall–Kier alpha value is -1.67. The molecule has 0 atom stereocenters. The van der Waals surface area contributed by atoms with Gasteiger partial charge in [-0.05, 0) is 17.5 Å². The van der Waals surface area contributed by atoms with Gasteiger partial charge in [0, 0.05) is 18.6 Å². The summed E-state index contributed by atoms with van der Waals surface area (Å²) in [5.41, 5.74) is 2.48. The van der Waals surface area contributed by atoms with Crippen molar-refractivity contribution in [3.63, 3.8) is 0 Å². The van der Waals surface area contributed by atoms with Crippen LogP contribution in [0.1, 0.15) is 121 Å². The van der Waals surface area contributed by atoms with Crippen molar-refractivity contribution in [1.29, 1.82) is 0 Å². The molecule has 2 heteroatoms. The van der Waals surface area contributed by atoms with Gasteiger partial charge in [-0.1, -0.05) is 151 Å². The molecule has 194 valence electrons. The third-order valence-electron chi connectivity index (χ3n) is 6.67. The van der Waals surface area contributed by atoms with E-state index in [-0.39, 0.29) is 17.0 Å². The van der Waals surface area contributed by atoms with Crippen molar-refractivity contribution < 1.29 is 21.5 Å². The zero-order valence-electron chi connectivity index (χ0n) is 22.4. The number of nitrogens with zero attached hydrogens (tertiary/aromatic N) is 1. The first-order valence-electron chi connectivity index (χ1n) is 14.3. The van der Waals surface area contributed by atoms with Crippen LogP contribution in [0, 0.1) is 0 Å². The Morgan fingerprint density at radius 3 is 1.37 bits per heavy atom. The molecule has 0 radical (unpaired) electrons. The lowest BCUT2D eigenvalue weighted by atomic mass is 10.0. The first-order chi connectivity index (χ1) is 16.9. The van der Waals surface area contributed by atoms with Gasteiger partial charge in [-0.2, -0.15) is 0 Å². The van der Waals surface area contributed by atoms with Crippen LogP contribution in [0.3, 0.4) is 0 Å². The van der Waals surface area contributed by atoms with E-state index < -0.39 is 0 Å². The second-order valence-electron chi connectivity index (χ2n) is 9.80. The van der Waals surface area contributed by atoms with E-state index in [1.165, 1.54) is 114 Å². The molecule has 1 aromatic carbocycles. The summed E-state index contributed by atoms with van der Waals surface area (Å²) >= 11 is 0. The van der Waals surface area contributed by atoms with Crippen molar-refractivity contribution in [2.75, 3.05) is 0 Å². The van der Waals surface area contributed by atoms with Gasteiger partial charge in [-0.15, -0.1) is 0 Å². The molecule has 0 amide bonds. The Bertz CT molecular complexity index is 763. The van der Waals surface area contributed by atoms with Crippen LogP contribution in [0.15, 0.2) is 67.0 Å². The van der Waals surface area contributed by atoms with Gasteiger partial charge in [0.2, 0.25) is 0 Å². The van der Waals surface area contributed by atoms with E-state index in [0.29, 0.717) is 0 Å². The van der Waals surface area contributed by atoms with E-state index in [0.717, 1.165) is 6.54 Å². The van der Waals surface area contributed by atoms with E-state index in [1.807, 2.05) is 6.07 Å². The summed E-state index contributed by atoms with van der Waals surface area (Å²) in [6, 6.07) is 14.8. The van der Waals surface area contributed by atoms with Crippen LogP contribution in [0.5, 0.6) is 0 Å². The molecule has 2 aromatic rings. The Morgan fingerprint density at radius 1 is 0.514 bits per heavy atom. The number of hydrogen-bond acceptors (Lipinski definition) is 0. The van der Waals surface area contributed by atoms with Crippen LogP contribution in [-0.2, 0) is 6.54 Å². The van der Waals surface area contributed by atoms with Crippen molar-refractivity contribution in [2.24, 2.45) is 0 Å². The number of unbranched alkanes of at least 4 members (excludes halogenated alkanes) is 15. The van der Waals surface area contributed by atoms with Crippen molar-refractivity contribution in [2.45, 2.75) is 116 Å². The van der Waals surface area contributed by atoms with Gasteiger partial charge in [0.05, 0.1) is 0 Å². The molecule has 1 heterocycles. The van der Waals surface area contributed by atoms with Crippen molar-refractivity contribution in [3.8, 4) is 0 Å². The van der Waals surface area contributed by atoms with Crippen LogP contribution in [0.25, 0.3) is 12.2 Å². The van der Waals surface area contributed by atoms with Crippen LogP contribution < -0.4 is 21.5 Å². The molecule has 0 spiro atoms. The average Bonchev–Trinajstić information content (AvgIpc) is 2.88. The van der Waals surface area contributed by atoms with Crippen LogP contribution in [-0.4, -0.2) is 0 Å². The molecule has 0 aliphatic heterocycles. The number of aryl methyl sites for hydroxylation is 1. The minimum Gasteiger partial charge on any atom is -1.00 e. The lowest BCUT2D eigenvalue weighted by molar-refractivity contribution is -0.697. The van der Waals surface area contributed by atoms with Gasteiger partial charge in [0.1, 0.15) is 6.54 Å². The molecular weight excluding hydrogens is 490 g/mol. The fraction of sp³-hybridized carbons (Fsp3) is 0.545. The highest BCUT2D eigenvalue weighted by Crippen LogP contribution is 2.13. The molecule has 0 fully saturated rings. The second-order valence-corrected chi connectivity index (χ2v) is 9.80. The van der Waals surface area contributed by atoms with E-state index in [9.17, 15) is 0 Å². The first-order valence-corrected chi connectivity index (χ1v) is 14.3. The zero-order valence-corrected chi connectivity index (χ0v) is 23.9. The molecule has 0 aliphatic carbocycles. The molecule has 1 aromatic heterocycles. The quantitative estimate of drug-likeness (QED) is 0.0971. The highest BCUT2D eigenvalue weighted by molar-refractivity contribution is 5.56. The van der Waals surface area contributed by atoms with Crippen molar-refractivity contribution >= 4 is 12.2 Å². The topological polar surface area (TPSA) is 3.88 Å². The molecular formula is C33H50BrN. The number of aromatic nitrogens is 1. The van der Waals surface area contributed by atoms with Crippen LogP contribution in [0.2, 0.25) is 0 Å². The van der Waals surface area contributed by atoms with E-state index in [1.54, 1.807) is 0 Å². The number of hydrogen-bond donors (Lipinski definition) is 0. The second kappa shape index (κ2) is 22.8. The van der Waals surface area contributed by atoms with Gasteiger partial charge in [-0.3, -0.25) is 0 Å². The molecule has 35 heavy (non-hydrogen) atoms. The van der Waals surface area contributed by atoms with Crippen molar-refractivity contribution in [3.05, 3.63) is 78.1 Å². The normalized spacial score (nSPS) is 11.3. The molecule has 0 aliphatic rings. The highest BCUT2D eigenvalue weighted by atomic mass is 79.9. The predicted molar refractivity (Wildman–Crippen MR) is 151 cm³/mol. The predicted octanol–water partition coefficient (Wildman–Crippen LogP) is 6.97. The third-order valence-corrected chi connectivity index (χ3v) is 6.67. The fourth-order valence-electron chi connectivity index (χ4n) is 4.47. The van der Waals surface area contributed by atoms with Gasteiger partial charge >= 0.3 is 0 Å². The molecule has 0 saturated carbocycles. The summed E-state index contributed by atoms with van der Waals surface area (Å²) in [7, 11) is 0. The Balaban J connectivity index is 0.00000612. The monoisotopic (exact) mass is 539 g/mol. The van der Waals surface area contributed by atoms with E-state index >= 15 is 0 Å². The van der Waals surface area contributed by atoms with Crippen molar-refractivity contribution in [1.82, 2.24) is 0 Å². The van der Waals surface area contributed by atoms with Crippen LogP contribution >= 0.6 is 0 Å².